The lowest BCUT2D eigenvalue weighted by molar-refractivity contribution is -0.384. The molecule has 0 aliphatic heterocycles. The zero-order valence-corrected chi connectivity index (χ0v) is 15.4. The number of aromatic nitrogens is 2. The first-order valence-electron chi connectivity index (χ1n) is 7.96. The van der Waals surface area contributed by atoms with Gasteiger partial charge in [-0.15, -0.1) is 0 Å². The Balaban J connectivity index is 1.61. The van der Waals surface area contributed by atoms with Gasteiger partial charge in [-0.3, -0.25) is 14.9 Å². The van der Waals surface area contributed by atoms with Gasteiger partial charge in [0.25, 0.3) is 11.6 Å². The molecule has 0 saturated heterocycles. The van der Waals surface area contributed by atoms with E-state index in [-0.39, 0.29) is 11.6 Å². The molecule has 138 valence electrons. The van der Waals surface area contributed by atoms with Crippen molar-refractivity contribution >= 4 is 34.8 Å². The summed E-state index contributed by atoms with van der Waals surface area (Å²) in [6, 6.07) is 11.3. The number of carbonyl (C=O) groups excluding carboxylic acids is 1. The molecule has 3 rings (SSSR count). The van der Waals surface area contributed by atoms with E-state index >= 15 is 0 Å². The van der Waals surface area contributed by atoms with Gasteiger partial charge >= 0.3 is 0 Å². The van der Waals surface area contributed by atoms with Crippen LogP contribution in [0.3, 0.4) is 0 Å². The molecular formula is C18H14Cl2N4O3. The highest BCUT2D eigenvalue weighted by molar-refractivity contribution is 6.42. The Morgan fingerprint density at radius 2 is 1.93 bits per heavy atom. The molecule has 1 aromatic heterocycles. The standard InChI is InChI=1S/C18H14Cl2N4O3/c19-16-3-1-2-12(17(16)20)8-9-21-18(25)13-10-22-23(11-13)14-4-6-15(7-5-14)24(26)27/h1-7,10-11H,8-9H2,(H,21,25). The summed E-state index contributed by atoms with van der Waals surface area (Å²) in [5, 5.41) is 18.6. The summed E-state index contributed by atoms with van der Waals surface area (Å²) >= 11 is 12.1. The molecule has 0 fully saturated rings. The van der Waals surface area contributed by atoms with Crippen molar-refractivity contribution < 1.29 is 9.72 Å². The third kappa shape index (κ3) is 4.45. The molecule has 2 aromatic carbocycles. The summed E-state index contributed by atoms with van der Waals surface area (Å²) in [6.07, 6.45) is 3.54. The SMILES string of the molecule is O=C(NCCc1cccc(Cl)c1Cl)c1cnn(-c2ccc([N+](=O)[O-])cc2)c1. The number of non-ortho nitro benzene ring substituents is 1. The van der Waals surface area contributed by atoms with Crippen LogP contribution in [0.15, 0.2) is 54.9 Å². The van der Waals surface area contributed by atoms with Crippen LogP contribution >= 0.6 is 23.2 Å². The van der Waals surface area contributed by atoms with E-state index in [0.29, 0.717) is 34.3 Å². The van der Waals surface area contributed by atoms with Crippen LogP contribution in [0, 0.1) is 10.1 Å². The Labute approximate surface area is 164 Å². The summed E-state index contributed by atoms with van der Waals surface area (Å²) in [5.41, 5.74) is 1.84. The average molecular weight is 405 g/mol. The van der Waals surface area contributed by atoms with Crippen molar-refractivity contribution in [2.24, 2.45) is 0 Å². The number of nitrogens with zero attached hydrogens (tertiary/aromatic N) is 3. The lowest BCUT2D eigenvalue weighted by Crippen LogP contribution is -2.25. The maximum absolute atomic E-state index is 12.3. The number of nitrogens with one attached hydrogen (secondary N) is 1. The quantitative estimate of drug-likeness (QED) is 0.495. The van der Waals surface area contributed by atoms with Crippen molar-refractivity contribution in [2.75, 3.05) is 6.54 Å². The summed E-state index contributed by atoms with van der Waals surface area (Å²) < 4.78 is 1.48. The Kier molecular flexibility index (Phi) is 5.73. The molecule has 0 unspecified atom stereocenters. The minimum atomic E-state index is -0.474. The number of carbonyl (C=O) groups is 1. The highest BCUT2D eigenvalue weighted by Gasteiger charge is 2.11. The fourth-order valence-corrected chi connectivity index (χ4v) is 2.88. The number of nitro groups is 1. The molecular weight excluding hydrogens is 391 g/mol. The van der Waals surface area contributed by atoms with Crippen LogP contribution in [0.2, 0.25) is 10.0 Å². The molecule has 1 amide bonds. The fraction of sp³-hybridized carbons (Fsp3) is 0.111. The third-order valence-corrected chi connectivity index (χ3v) is 4.74. The van der Waals surface area contributed by atoms with Crippen LogP contribution in [0.4, 0.5) is 5.69 Å². The zero-order chi connectivity index (χ0) is 19.4. The monoisotopic (exact) mass is 404 g/mol. The molecule has 7 nitrogen and oxygen atoms in total. The molecule has 0 saturated carbocycles. The maximum Gasteiger partial charge on any atom is 0.269 e. The van der Waals surface area contributed by atoms with Gasteiger partial charge in [0.1, 0.15) is 0 Å². The van der Waals surface area contributed by atoms with Crippen molar-refractivity contribution in [3.8, 4) is 5.69 Å². The summed E-state index contributed by atoms with van der Waals surface area (Å²) in [7, 11) is 0. The molecule has 0 aliphatic carbocycles. The highest BCUT2D eigenvalue weighted by atomic mass is 35.5. The van der Waals surface area contributed by atoms with Crippen LogP contribution in [0.5, 0.6) is 0 Å². The topological polar surface area (TPSA) is 90.1 Å². The lowest BCUT2D eigenvalue weighted by atomic mass is 10.1. The number of hydrogen-bond donors (Lipinski definition) is 1. The number of nitro benzene ring substituents is 1. The molecule has 9 heteroatoms. The number of amides is 1. The van der Waals surface area contributed by atoms with Crippen LogP contribution < -0.4 is 5.32 Å². The van der Waals surface area contributed by atoms with Gasteiger partial charge in [0.2, 0.25) is 0 Å². The van der Waals surface area contributed by atoms with Crippen molar-refractivity contribution in [1.82, 2.24) is 15.1 Å². The summed E-state index contributed by atoms with van der Waals surface area (Å²) in [6.45, 7) is 0.390. The van der Waals surface area contributed by atoms with Gasteiger partial charge in [0, 0.05) is 24.9 Å². The van der Waals surface area contributed by atoms with E-state index in [4.69, 9.17) is 23.2 Å². The second kappa shape index (κ2) is 8.20. The molecule has 0 aliphatic rings. The van der Waals surface area contributed by atoms with Gasteiger partial charge < -0.3 is 5.32 Å². The Hall–Kier alpha value is -2.90. The first kappa shape index (κ1) is 18.9. The van der Waals surface area contributed by atoms with Crippen LogP contribution in [0.25, 0.3) is 5.69 Å². The van der Waals surface area contributed by atoms with E-state index < -0.39 is 4.92 Å². The average Bonchev–Trinajstić information content (AvgIpc) is 3.15. The molecule has 0 spiro atoms. The van der Waals surface area contributed by atoms with E-state index in [2.05, 4.69) is 10.4 Å². The van der Waals surface area contributed by atoms with Gasteiger partial charge in [0.05, 0.1) is 32.4 Å². The minimum Gasteiger partial charge on any atom is -0.352 e. The van der Waals surface area contributed by atoms with Crippen molar-refractivity contribution in [2.45, 2.75) is 6.42 Å². The van der Waals surface area contributed by atoms with Crippen LogP contribution in [0.1, 0.15) is 15.9 Å². The smallest absolute Gasteiger partial charge is 0.269 e. The number of benzene rings is 2. The Bertz CT molecular complexity index is 987. The molecule has 27 heavy (non-hydrogen) atoms. The van der Waals surface area contributed by atoms with E-state index in [9.17, 15) is 14.9 Å². The van der Waals surface area contributed by atoms with Crippen LogP contribution in [-0.4, -0.2) is 27.2 Å². The zero-order valence-electron chi connectivity index (χ0n) is 13.9. The normalized spacial score (nSPS) is 10.6. The van der Waals surface area contributed by atoms with E-state index in [1.807, 2.05) is 6.07 Å². The van der Waals surface area contributed by atoms with Crippen LogP contribution in [-0.2, 0) is 6.42 Å². The summed E-state index contributed by atoms with van der Waals surface area (Å²) in [4.78, 5) is 22.5. The van der Waals surface area contributed by atoms with Gasteiger partial charge in [-0.05, 0) is 30.2 Å². The first-order valence-corrected chi connectivity index (χ1v) is 8.72. The summed E-state index contributed by atoms with van der Waals surface area (Å²) in [5.74, 6) is -0.277. The molecule has 0 radical (unpaired) electrons. The fourth-order valence-electron chi connectivity index (χ4n) is 2.46. The third-order valence-electron chi connectivity index (χ3n) is 3.88. The van der Waals surface area contributed by atoms with Crippen molar-refractivity contribution in [3.63, 3.8) is 0 Å². The number of halogens is 2. The molecule has 3 aromatic rings. The van der Waals surface area contributed by atoms with Gasteiger partial charge in [-0.1, -0.05) is 35.3 Å². The minimum absolute atomic E-state index is 0.0106. The Morgan fingerprint density at radius 1 is 1.19 bits per heavy atom. The largest absolute Gasteiger partial charge is 0.352 e. The predicted molar refractivity (Wildman–Crippen MR) is 103 cm³/mol. The molecule has 1 N–H and O–H groups in total. The molecule has 1 heterocycles. The van der Waals surface area contributed by atoms with E-state index in [0.717, 1.165) is 5.56 Å². The Morgan fingerprint density at radius 3 is 2.63 bits per heavy atom. The molecule has 0 bridgehead atoms. The van der Waals surface area contributed by atoms with E-state index in [1.54, 1.807) is 30.5 Å². The van der Waals surface area contributed by atoms with Gasteiger partial charge in [-0.2, -0.15) is 5.10 Å². The number of hydrogen-bond acceptors (Lipinski definition) is 4. The second-order valence-corrected chi connectivity index (χ2v) is 6.45. The van der Waals surface area contributed by atoms with Crippen molar-refractivity contribution in [1.29, 1.82) is 0 Å². The van der Waals surface area contributed by atoms with Gasteiger partial charge in [-0.25, -0.2) is 4.68 Å². The second-order valence-electron chi connectivity index (χ2n) is 5.67. The predicted octanol–water partition coefficient (Wildman–Crippen LogP) is 4.06. The van der Waals surface area contributed by atoms with Crippen molar-refractivity contribution in [3.05, 3.63) is 86.1 Å². The maximum atomic E-state index is 12.3. The molecule has 0 atom stereocenters. The van der Waals surface area contributed by atoms with Gasteiger partial charge in [0.15, 0.2) is 0 Å². The first-order chi connectivity index (χ1) is 13.0. The van der Waals surface area contributed by atoms with E-state index in [1.165, 1.54) is 23.0 Å². The highest BCUT2D eigenvalue weighted by Crippen LogP contribution is 2.25. The lowest BCUT2D eigenvalue weighted by Gasteiger charge is -2.06. The number of rotatable bonds is 6.